The number of anilines is 1. The number of fused-ring (bicyclic) bond motifs is 5. The molecular weight excluding hydrogens is 298 g/mol. The first kappa shape index (κ1) is 14.3. The van der Waals surface area contributed by atoms with Crippen molar-refractivity contribution < 1.29 is 19.4 Å². The molecule has 3 fully saturated rings. The van der Waals surface area contributed by atoms with E-state index >= 15 is 0 Å². The van der Waals surface area contributed by atoms with Gasteiger partial charge in [-0.25, -0.2) is 9.88 Å². The van der Waals surface area contributed by atoms with Gasteiger partial charge in [0.1, 0.15) is 17.4 Å². The monoisotopic (exact) mass is 313 g/mol. The normalized spacial score (nSPS) is 41.3. The fourth-order valence-corrected chi connectivity index (χ4v) is 4.40. The number of nitriles is 1. The Morgan fingerprint density at radius 2 is 2.09 bits per heavy atom. The van der Waals surface area contributed by atoms with E-state index < -0.39 is 29.1 Å². The van der Waals surface area contributed by atoms with Crippen LogP contribution in [-0.4, -0.2) is 39.2 Å². The minimum Gasteiger partial charge on any atom is -0.390 e. The number of ether oxygens (including phenoxy) is 1. The van der Waals surface area contributed by atoms with Crippen LogP contribution in [0.4, 0.5) is 5.69 Å². The SMILES string of the molecule is C[C@@]12O[C@@](C)(C[C@@H]1O)[C@H]1C(=O)N(c3ccnc(C#N)c3)C(=O)[C@H]12. The van der Waals surface area contributed by atoms with Crippen LogP contribution in [0.25, 0.3) is 0 Å². The van der Waals surface area contributed by atoms with Crippen LogP contribution in [0.2, 0.25) is 0 Å². The first-order valence-corrected chi connectivity index (χ1v) is 7.44. The zero-order valence-electron chi connectivity index (χ0n) is 12.7. The number of aromatic nitrogens is 1. The first-order valence-electron chi connectivity index (χ1n) is 7.44. The summed E-state index contributed by atoms with van der Waals surface area (Å²) in [5, 5.41) is 19.2. The van der Waals surface area contributed by atoms with Crippen LogP contribution in [0.1, 0.15) is 26.0 Å². The highest BCUT2D eigenvalue weighted by molar-refractivity contribution is 6.23. The lowest BCUT2D eigenvalue weighted by Gasteiger charge is -2.31. The van der Waals surface area contributed by atoms with Crippen molar-refractivity contribution in [2.24, 2.45) is 11.8 Å². The molecule has 1 N–H and O–H groups in total. The molecule has 7 nitrogen and oxygen atoms in total. The summed E-state index contributed by atoms with van der Waals surface area (Å²) in [6.07, 6.45) is 0.945. The maximum absolute atomic E-state index is 12.9. The molecular formula is C16H15N3O4. The molecule has 0 unspecified atom stereocenters. The zero-order chi connectivity index (χ0) is 16.6. The highest BCUT2D eigenvalue weighted by Gasteiger charge is 2.75. The van der Waals surface area contributed by atoms with Gasteiger partial charge in [-0.05, 0) is 26.0 Å². The lowest BCUT2D eigenvalue weighted by atomic mass is 9.67. The minimum absolute atomic E-state index is 0.136. The van der Waals surface area contributed by atoms with E-state index in [2.05, 4.69) is 4.98 Å². The molecule has 3 aliphatic rings. The summed E-state index contributed by atoms with van der Waals surface area (Å²) < 4.78 is 5.91. The number of aliphatic hydroxyl groups is 1. The molecule has 0 aromatic carbocycles. The molecule has 0 spiro atoms. The number of rotatable bonds is 1. The summed E-state index contributed by atoms with van der Waals surface area (Å²) in [5.41, 5.74) is -1.42. The summed E-state index contributed by atoms with van der Waals surface area (Å²) >= 11 is 0. The second-order valence-electron chi connectivity index (χ2n) is 6.80. The van der Waals surface area contributed by atoms with Crippen molar-refractivity contribution in [3.8, 4) is 6.07 Å². The van der Waals surface area contributed by atoms with Crippen molar-refractivity contribution >= 4 is 17.5 Å². The second-order valence-corrected chi connectivity index (χ2v) is 6.80. The standard InChI is InChI=1S/C16H15N3O4/c1-15-6-10(20)16(2,23-15)12-11(15)13(21)19(14(12)22)9-3-4-18-8(5-9)7-17/h3-5,10-12,20H,6H2,1-2H3/t10-,11+,12-,15-,16+/m0/s1. The van der Waals surface area contributed by atoms with E-state index in [9.17, 15) is 14.7 Å². The lowest BCUT2D eigenvalue weighted by molar-refractivity contribution is -0.132. The van der Waals surface area contributed by atoms with Crippen molar-refractivity contribution in [1.82, 2.24) is 4.98 Å². The van der Waals surface area contributed by atoms with Crippen molar-refractivity contribution in [1.29, 1.82) is 5.26 Å². The van der Waals surface area contributed by atoms with E-state index in [0.717, 1.165) is 4.90 Å². The van der Waals surface area contributed by atoms with E-state index in [-0.39, 0.29) is 17.5 Å². The fraction of sp³-hybridized carbons (Fsp3) is 0.500. The van der Waals surface area contributed by atoms with Gasteiger partial charge in [-0.15, -0.1) is 0 Å². The molecule has 0 radical (unpaired) electrons. The van der Waals surface area contributed by atoms with E-state index in [4.69, 9.17) is 10.00 Å². The van der Waals surface area contributed by atoms with Gasteiger partial charge in [-0.1, -0.05) is 0 Å². The van der Waals surface area contributed by atoms with Crippen LogP contribution in [0.5, 0.6) is 0 Å². The van der Waals surface area contributed by atoms with Crippen LogP contribution >= 0.6 is 0 Å². The number of amides is 2. The Hall–Kier alpha value is -2.30. The fourth-order valence-electron chi connectivity index (χ4n) is 4.40. The molecule has 0 saturated carbocycles. The number of carbonyl (C=O) groups is 2. The van der Waals surface area contributed by atoms with E-state index in [1.807, 2.05) is 6.07 Å². The Morgan fingerprint density at radius 3 is 2.78 bits per heavy atom. The molecule has 2 amide bonds. The minimum atomic E-state index is -1.05. The van der Waals surface area contributed by atoms with Gasteiger partial charge < -0.3 is 9.84 Å². The number of imide groups is 1. The third-order valence-corrected chi connectivity index (χ3v) is 5.41. The summed E-state index contributed by atoms with van der Waals surface area (Å²) in [4.78, 5) is 30.7. The predicted molar refractivity (Wildman–Crippen MR) is 76.9 cm³/mol. The highest BCUT2D eigenvalue weighted by atomic mass is 16.6. The molecule has 5 atom stereocenters. The Balaban J connectivity index is 1.81. The largest absolute Gasteiger partial charge is 0.390 e. The molecule has 118 valence electrons. The molecule has 23 heavy (non-hydrogen) atoms. The average Bonchev–Trinajstić information content (AvgIpc) is 3.01. The van der Waals surface area contributed by atoms with Gasteiger partial charge in [-0.3, -0.25) is 9.59 Å². The topological polar surface area (TPSA) is 104 Å². The van der Waals surface area contributed by atoms with Crippen LogP contribution in [0.15, 0.2) is 18.3 Å². The number of pyridine rings is 1. The molecule has 4 heterocycles. The Bertz CT molecular complexity index is 788. The third kappa shape index (κ3) is 1.57. The predicted octanol–water partition coefficient (Wildman–Crippen LogP) is 0.371. The van der Waals surface area contributed by atoms with Crippen LogP contribution < -0.4 is 4.90 Å². The van der Waals surface area contributed by atoms with Gasteiger partial charge in [0.25, 0.3) is 0 Å². The number of hydrogen-bond acceptors (Lipinski definition) is 6. The van der Waals surface area contributed by atoms with Gasteiger partial charge in [0.2, 0.25) is 11.8 Å². The van der Waals surface area contributed by atoms with Crippen LogP contribution in [0.3, 0.4) is 0 Å². The van der Waals surface area contributed by atoms with E-state index in [1.165, 1.54) is 18.3 Å². The average molecular weight is 313 g/mol. The number of carbonyl (C=O) groups excluding carboxylic acids is 2. The van der Waals surface area contributed by atoms with Crippen LogP contribution in [0, 0.1) is 23.2 Å². The first-order chi connectivity index (χ1) is 10.8. The van der Waals surface area contributed by atoms with Crippen molar-refractivity contribution in [2.45, 2.75) is 37.6 Å². The van der Waals surface area contributed by atoms with Gasteiger partial charge >= 0.3 is 0 Å². The Labute approximate surface area is 132 Å². The van der Waals surface area contributed by atoms with Gasteiger partial charge in [0.05, 0.1) is 29.2 Å². The van der Waals surface area contributed by atoms with Crippen molar-refractivity contribution in [2.75, 3.05) is 4.90 Å². The molecule has 3 aliphatic heterocycles. The maximum atomic E-state index is 12.9. The van der Waals surface area contributed by atoms with Crippen molar-refractivity contribution in [3.63, 3.8) is 0 Å². The number of aliphatic hydroxyl groups excluding tert-OH is 1. The van der Waals surface area contributed by atoms with Crippen molar-refractivity contribution in [3.05, 3.63) is 24.0 Å². The lowest BCUT2D eigenvalue weighted by Crippen LogP contribution is -2.49. The quantitative estimate of drug-likeness (QED) is 0.751. The maximum Gasteiger partial charge on any atom is 0.240 e. The summed E-state index contributed by atoms with van der Waals surface area (Å²) in [7, 11) is 0. The second kappa shape index (κ2) is 4.16. The van der Waals surface area contributed by atoms with Crippen LogP contribution in [-0.2, 0) is 14.3 Å². The summed E-state index contributed by atoms with van der Waals surface area (Å²) in [6.45, 7) is 3.46. The smallest absolute Gasteiger partial charge is 0.240 e. The molecule has 1 aromatic heterocycles. The van der Waals surface area contributed by atoms with E-state index in [1.54, 1.807) is 13.8 Å². The van der Waals surface area contributed by atoms with Gasteiger partial charge in [0.15, 0.2) is 0 Å². The molecule has 0 aliphatic carbocycles. The molecule has 2 bridgehead atoms. The Morgan fingerprint density at radius 1 is 1.39 bits per heavy atom. The number of hydrogen-bond donors (Lipinski definition) is 1. The van der Waals surface area contributed by atoms with Gasteiger partial charge in [0, 0.05) is 12.6 Å². The zero-order valence-corrected chi connectivity index (χ0v) is 12.7. The van der Waals surface area contributed by atoms with E-state index in [0.29, 0.717) is 12.1 Å². The molecule has 1 aromatic rings. The third-order valence-electron chi connectivity index (χ3n) is 5.41. The summed E-state index contributed by atoms with van der Waals surface area (Å²) in [5.74, 6) is -2.04. The summed E-state index contributed by atoms with van der Waals surface area (Å²) in [6, 6.07) is 4.84. The molecule has 4 rings (SSSR count). The Kier molecular flexibility index (Phi) is 2.59. The van der Waals surface area contributed by atoms with Gasteiger partial charge in [-0.2, -0.15) is 5.26 Å². The molecule has 3 saturated heterocycles. The molecule has 7 heteroatoms. The highest BCUT2D eigenvalue weighted by Crippen LogP contribution is 2.60. The number of nitrogens with zero attached hydrogens (tertiary/aromatic N) is 3.